The van der Waals surface area contributed by atoms with Crippen molar-refractivity contribution in [2.24, 2.45) is 0 Å². The molecule has 1 atom stereocenters. The Morgan fingerprint density at radius 1 is 1.62 bits per heavy atom. The van der Waals surface area contributed by atoms with E-state index < -0.39 is 0 Å². The molecular weight excluding hydrogens is 224 g/mol. The fraction of sp³-hybridized carbons (Fsp3) is 0.636. The summed E-state index contributed by atoms with van der Waals surface area (Å²) >= 11 is 6.10. The minimum Gasteiger partial charge on any atom is -0.354 e. The Bertz CT molecular complexity index is 339. The summed E-state index contributed by atoms with van der Waals surface area (Å²) in [5.74, 6) is 0.841. The number of hydrogen-bond acceptors (Lipinski definition) is 4. The van der Waals surface area contributed by atoms with Gasteiger partial charge in [-0.25, -0.2) is 9.97 Å². The van der Waals surface area contributed by atoms with Gasteiger partial charge in [-0.1, -0.05) is 11.6 Å². The average Bonchev–Trinajstić information content (AvgIpc) is 2.80. The molecule has 0 spiro atoms. The van der Waals surface area contributed by atoms with Gasteiger partial charge in [0.25, 0.3) is 0 Å². The number of anilines is 1. The maximum atomic E-state index is 6.10. The summed E-state index contributed by atoms with van der Waals surface area (Å²) in [4.78, 5) is 10.4. The number of halogens is 1. The molecule has 1 aliphatic rings. The van der Waals surface area contributed by atoms with Crippen molar-refractivity contribution in [2.75, 3.05) is 24.5 Å². The first-order valence-electron chi connectivity index (χ1n) is 5.75. The molecule has 4 nitrogen and oxygen atoms in total. The average molecular weight is 241 g/mol. The number of rotatable bonds is 4. The molecule has 16 heavy (non-hydrogen) atoms. The Labute approximate surface area is 101 Å². The molecule has 0 amide bonds. The smallest absolute Gasteiger partial charge is 0.150 e. The van der Waals surface area contributed by atoms with Crippen molar-refractivity contribution in [3.05, 3.63) is 17.5 Å². The Hall–Kier alpha value is -0.870. The lowest BCUT2D eigenvalue weighted by molar-refractivity contribution is 0.583. The van der Waals surface area contributed by atoms with Gasteiger partial charge >= 0.3 is 0 Å². The van der Waals surface area contributed by atoms with E-state index in [1.54, 1.807) is 12.5 Å². The minimum atomic E-state index is 0.561. The van der Waals surface area contributed by atoms with Gasteiger partial charge in [-0.2, -0.15) is 0 Å². The summed E-state index contributed by atoms with van der Waals surface area (Å²) < 4.78 is 0. The fourth-order valence-electron chi connectivity index (χ4n) is 2.08. The van der Waals surface area contributed by atoms with E-state index in [-0.39, 0.29) is 0 Å². The number of nitrogens with one attached hydrogen (secondary N) is 1. The van der Waals surface area contributed by atoms with Crippen LogP contribution in [0.1, 0.15) is 19.8 Å². The predicted octanol–water partition coefficient (Wildman–Crippen LogP) is 1.71. The highest BCUT2D eigenvalue weighted by Gasteiger charge is 2.19. The summed E-state index contributed by atoms with van der Waals surface area (Å²) in [6, 6.07) is 0.561. The van der Waals surface area contributed by atoms with Gasteiger partial charge in [-0.05, 0) is 26.3 Å². The van der Waals surface area contributed by atoms with Crippen molar-refractivity contribution in [3.8, 4) is 0 Å². The van der Waals surface area contributed by atoms with Gasteiger partial charge in [0.05, 0.1) is 6.20 Å². The van der Waals surface area contributed by atoms with Crippen molar-refractivity contribution < 1.29 is 0 Å². The highest BCUT2D eigenvalue weighted by molar-refractivity contribution is 6.32. The monoisotopic (exact) mass is 240 g/mol. The minimum absolute atomic E-state index is 0.561. The number of hydrogen-bond donors (Lipinski definition) is 1. The van der Waals surface area contributed by atoms with E-state index >= 15 is 0 Å². The zero-order valence-electron chi connectivity index (χ0n) is 9.49. The zero-order valence-corrected chi connectivity index (χ0v) is 10.2. The van der Waals surface area contributed by atoms with Crippen LogP contribution in [0.2, 0.25) is 5.02 Å². The van der Waals surface area contributed by atoms with Crippen LogP contribution in [-0.2, 0) is 0 Å². The molecule has 1 aromatic rings. The highest BCUT2D eigenvalue weighted by atomic mass is 35.5. The molecule has 1 saturated heterocycles. The van der Waals surface area contributed by atoms with E-state index in [9.17, 15) is 0 Å². The molecule has 1 aromatic heterocycles. The number of likely N-dealkylation sites (N-methyl/N-ethyl adjacent to an activating group) is 1. The third-order valence-corrected chi connectivity index (χ3v) is 3.20. The van der Waals surface area contributed by atoms with Gasteiger partial charge in [0.1, 0.15) is 11.3 Å². The van der Waals surface area contributed by atoms with Crippen molar-refractivity contribution >= 4 is 17.4 Å². The van der Waals surface area contributed by atoms with Crippen LogP contribution in [0.5, 0.6) is 0 Å². The highest BCUT2D eigenvalue weighted by Crippen LogP contribution is 2.22. The summed E-state index contributed by atoms with van der Waals surface area (Å²) in [5.41, 5.74) is 0. The lowest BCUT2D eigenvalue weighted by Gasteiger charge is -2.25. The molecule has 0 saturated carbocycles. The molecular formula is C11H17ClN4. The summed E-state index contributed by atoms with van der Waals surface area (Å²) in [6.45, 7) is 5.12. The van der Waals surface area contributed by atoms with Crippen LogP contribution in [0.25, 0.3) is 0 Å². The standard InChI is InChI=1S/C11H17ClN4/c1-2-16(7-9-4-3-5-14-9)11-10(12)6-13-8-15-11/h6,8-9,14H,2-5,7H2,1H3. The predicted molar refractivity (Wildman–Crippen MR) is 66.0 cm³/mol. The van der Waals surface area contributed by atoms with Gasteiger partial charge in [0, 0.05) is 19.1 Å². The van der Waals surface area contributed by atoms with Crippen molar-refractivity contribution in [3.63, 3.8) is 0 Å². The van der Waals surface area contributed by atoms with Crippen LogP contribution in [0.4, 0.5) is 5.82 Å². The van der Waals surface area contributed by atoms with Crippen LogP contribution in [0.15, 0.2) is 12.5 Å². The van der Waals surface area contributed by atoms with E-state index in [0.29, 0.717) is 11.1 Å². The molecule has 0 radical (unpaired) electrons. The summed E-state index contributed by atoms with van der Waals surface area (Å²) in [7, 11) is 0. The van der Waals surface area contributed by atoms with Crippen LogP contribution in [0.3, 0.4) is 0 Å². The molecule has 5 heteroatoms. The van der Waals surface area contributed by atoms with Crippen LogP contribution in [-0.4, -0.2) is 35.6 Å². The SMILES string of the molecule is CCN(CC1CCCN1)c1ncncc1Cl. The summed E-state index contributed by atoms with van der Waals surface area (Å²) in [5, 5.41) is 4.11. The number of aromatic nitrogens is 2. The Morgan fingerprint density at radius 3 is 3.12 bits per heavy atom. The fourth-order valence-corrected chi connectivity index (χ4v) is 2.31. The molecule has 1 unspecified atom stereocenters. The van der Waals surface area contributed by atoms with Gasteiger partial charge in [-0.15, -0.1) is 0 Å². The maximum Gasteiger partial charge on any atom is 0.150 e. The van der Waals surface area contributed by atoms with Gasteiger partial charge in [0.15, 0.2) is 5.82 Å². The van der Waals surface area contributed by atoms with Gasteiger partial charge in [0.2, 0.25) is 0 Å². The lowest BCUT2D eigenvalue weighted by Crippen LogP contribution is -2.38. The first-order valence-corrected chi connectivity index (χ1v) is 6.13. The normalized spacial score (nSPS) is 20.0. The molecule has 0 aliphatic carbocycles. The summed E-state index contributed by atoms with van der Waals surface area (Å²) in [6.07, 6.45) is 5.69. The largest absolute Gasteiger partial charge is 0.354 e. The second-order valence-electron chi connectivity index (χ2n) is 4.03. The molecule has 88 valence electrons. The molecule has 0 bridgehead atoms. The van der Waals surface area contributed by atoms with Crippen molar-refractivity contribution in [2.45, 2.75) is 25.8 Å². The van der Waals surface area contributed by atoms with Gasteiger partial charge < -0.3 is 10.2 Å². The lowest BCUT2D eigenvalue weighted by atomic mass is 10.2. The Balaban J connectivity index is 2.06. The van der Waals surface area contributed by atoms with Crippen molar-refractivity contribution in [1.29, 1.82) is 0 Å². The van der Waals surface area contributed by atoms with E-state index in [4.69, 9.17) is 11.6 Å². The molecule has 1 N–H and O–H groups in total. The van der Waals surface area contributed by atoms with E-state index in [1.165, 1.54) is 12.8 Å². The van der Waals surface area contributed by atoms with Crippen molar-refractivity contribution in [1.82, 2.24) is 15.3 Å². The third kappa shape index (κ3) is 2.62. The molecule has 1 aliphatic heterocycles. The number of nitrogens with zero attached hydrogens (tertiary/aromatic N) is 3. The second kappa shape index (κ2) is 5.46. The van der Waals surface area contributed by atoms with E-state index in [0.717, 1.165) is 25.5 Å². The molecule has 2 rings (SSSR count). The van der Waals surface area contributed by atoms with Gasteiger partial charge in [-0.3, -0.25) is 0 Å². The third-order valence-electron chi connectivity index (χ3n) is 2.93. The van der Waals surface area contributed by atoms with E-state index in [2.05, 4.69) is 27.1 Å². The molecule has 2 heterocycles. The van der Waals surface area contributed by atoms with E-state index in [1.807, 2.05) is 0 Å². The van der Waals surface area contributed by atoms with Crippen LogP contribution >= 0.6 is 11.6 Å². The Morgan fingerprint density at radius 2 is 2.50 bits per heavy atom. The topological polar surface area (TPSA) is 41.0 Å². The quantitative estimate of drug-likeness (QED) is 0.870. The molecule has 0 aromatic carbocycles. The van der Waals surface area contributed by atoms with Crippen LogP contribution in [0, 0.1) is 0 Å². The second-order valence-corrected chi connectivity index (χ2v) is 4.43. The molecule has 1 fully saturated rings. The maximum absolute atomic E-state index is 6.10. The zero-order chi connectivity index (χ0) is 11.4. The first kappa shape index (κ1) is 11.6. The Kier molecular flexibility index (Phi) is 3.96. The van der Waals surface area contributed by atoms with Crippen LogP contribution < -0.4 is 10.2 Å². The first-order chi connectivity index (χ1) is 7.81.